The first-order valence-corrected chi connectivity index (χ1v) is 10.9. The third kappa shape index (κ3) is 3.81. The first-order chi connectivity index (χ1) is 12.4. The van der Waals surface area contributed by atoms with E-state index in [1.54, 1.807) is 13.8 Å². The number of fused-ring (bicyclic) bond motifs is 1. The van der Waals surface area contributed by atoms with E-state index in [4.69, 9.17) is 0 Å². The lowest BCUT2D eigenvalue weighted by atomic mass is 10.3. The van der Waals surface area contributed by atoms with Gasteiger partial charge in [-0.3, -0.25) is 4.90 Å². The molecule has 0 spiro atoms. The summed E-state index contributed by atoms with van der Waals surface area (Å²) in [7, 11) is 0. The summed E-state index contributed by atoms with van der Waals surface area (Å²) in [6.07, 6.45) is 1.42. The lowest BCUT2D eigenvalue weighted by Crippen LogP contribution is -2.43. The normalized spacial score (nSPS) is 18.2. The molecule has 0 aromatic carbocycles. The number of rotatable bonds is 5. The fourth-order valence-corrected chi connectivity index (χ4v) is 4.42. The van der Waals surface area contributed by atoms with Gasteiger partial charge in [0.05, 0.1) is 13.1 Å². The molecule has 2 N–H and O–H groups in total. The van der Waals surface area contributed by atoms with Gasteiger partial charge >= 0.3 is 0 Å². The van der Waals surface area contributed by atoms with Gasteiger partial charge in [-0.15, -0.1) is 11.8 Å². The number of anilines is 2. The largest absolute Gasteiger partial charge is 0.616 e. The summed E-state index contributed by atoms with van der Waals surface area (Å²) in [6, 6.07) is 0. The molecule has 142 valence electrons. The SMILES string of the molecule is CSc1ncnc2c(N3CC[S+]([O-])CC3)nc(N(C(C)O)C(C)O)nc12. The third-order valence-corrected chi connectivity index (χ3v) is 6.09. The highest BCUT2D eigenvalue weighted by molar-refractivity contribution is 7.98. The molecule has 2 unspecified atom stereocenters. The highest BCUT2D eigenvalue weighted by Crippen LogP contribution is 2.31. The predicted octanol–water partition coefficient (Wildman–Crippen LogP) is 0.193. The third-order valence-electron chi connectivity index (χ3n) is 4.12. The van der Waals surface area contributed by atoms with Crippen LogP contribution in [0.4, 0.5) is 11.8 Å². The van der Waals surface area contributed by atoms with Crippen LogP contribution in [-0.2, 0) is 11.2 Å². The lowest BCUT2D eigenvalue weighted by Gasteiger charge is -2.32. The van der Waals surface area contributed by atoms with Crippen LogP contribution in [0.3, 0.4) is 0 Å². The summed E-state index contributed by atoms with van der Waals surface area (Å²) < 4.78 is 11.7. The summed E-state index contributed by atoms with van der Waals surface area (Å²) in [6.45, 7) is 4.28. The fraction of sp³-hybridized carbons (Fsp3) is 0.600. The van der Waals surface area contributed by atoms with Crippen molar-refractivity contribution in [1.82, 2.24) is 19.9 Å². The fourth-order valence-electron chi connectivity index (χ4n) is 2.88. The van der Waals surface area contributed by atoms with Crippen LogP contribution in [0.2, 0.25) is 0 Å². The van der Waals surface area contributed by atoms with Crippen LogP contribution in [0.15, 0.2) is 11.4 Å². The molecule has 26 heavy (non-hydrogen) atoms. The van der Waals surface area contributed by atoms with Crippen molar-refractivity contribution < 1.29 is 14.8 Å². The van der Waals surface area contributed by atoms with Crippen molar-refractivity contribution in [2.45, 2.75) is 31.3 Å². The van der Waals surface area contributed by atoms with E-state index in [1.165, 1.54) is 23.0 Å². The van der Waals surface area contributed by atoms with E-state index >= 15 is 0 Å². The highest BCUT2D eigenvalue weighted by atomic mass is 32.2. The zero-order valence-corrected chi connectivity index (χ0v) is 16.5. The predicted molar refractivity (Wildman–Crippen MR) is 103 cm³/mol. The van der Waals surface area contributed by atoms with Gasteiger partial charge in [0.25, 0.3) is 0 Å². The van der Waals surface area contributed by atoms with Gasteiger partial charge in [-0.25, -0.2) is 15.0 Å². The van der Waals surface area contributed by atoms with E-state index in [0.29, 0.717) is 46.5 Å². The Hall–Kier alpha value is -1.40. The number of aliphatic hydroxyl groups excluding tert-OH is 2. The van der Waals surface area contributed by atoms with Crippen LogP contribution in [0.25, 0.3) is 11.0 Å². The Morgan fingerprint density at radius 2 is 1.81 bits per heavy atom. The van der Waals surface area contributed by atoms with Gasteiger partial charge in [0.2, 0.25) is 5.95 Å². The molecular formula is C15H22N6O3S2. The average Bonchev–Trinajstić information content (AvgIpc) is 2.60. The first kappa shape index (κ1) is 19.4. The maximum Gasteiger partial charge on any atom is 0.232 e. The monoisotopic (exact) mass is 398 g/mol. The molecule has 9 nitrogen and oxygen atoms in total. The molecule has 11 heteroatoms. The second-order valence-corrected chi connectivity index (χ2v) is 8.42. The Balaban J connectivity index is 2.18. The van der Waals surface area contributed by atoms with Crippen LogP contribution in [0.5, 0.6) is 0 Å². The minimum atomic E-state index is -0.975. The number of thioether (sulfide) groups is 1. The van der Waals surface area contributed by atoms with E-state index in [-0.39, 0.29) is 5.95 Å². The van der Waals surface area contributed by atoms with Crippen LogP contribution in [-0.4, -0.2) is 78.0 Å². The molecule has 0 radical (unpaired) electrons. The molecule has 2 aromatic rings. The Bertz CT molecular complexity index is 762. The van der Waals surface area contributed by atoms with Gasteiger partial charge in [-0.2, -0.15) is 4.98 Å². The topological polar surface area (TPSA) is 122 Å². The molecule has 2 atom stereocenters. The lowest BCUT2D eigenvalue weighted by molar-refractivity contribution is 0.103. The van der Waals surface area contributed by atoms with Crippen LogP contribution in [0.1, 0.15) is 13.8 Å². The van der Waals surface area contributed by atoms with Gasteiger partial charge in [-0.05, 0) is 20.1 Å². The van der Waals surface area contributed by atoms with E-state index < -0.39 is 23.6 Å². The summed E-state index contributed by atoms with van der Waals surface area (Å²) in [5, 5.41) is 20.8. The van der Waals surface area contributed by atoms with E-state index in [0.717, 1.165) is 0 Å². The van der Waals surface area contributed by atoms with Crippen molar-refractivity contribution in [2.75, 3.05) is 40.7 Å². The van der Waals surface area contributed by atoms with Crippen LogP contribution in [0, 0.1) is 0 Å². The second kappa shape index (κ2) is 8.09. The Kier molecular flexibility index (Phi) is 6.03. The Labute approximate surface area is 159 Å². The van der Waals surface area contributed by atoms with E-state index in [2.05, 4.69) is 19.9 Å². The van der Waals surface area contributed by atoms with Gasteiger partial charge < -0.3 is 19.7 Å². The Morgan fingerprint density at radius 3 is 2.38 bits per heavy atom. The smallest absolute Gasteiger partial charge is 0.232 e. The molecule has 3 rings (SSSR count). The molecule has 2 aromatic heterocycles. The molecule has 0 aliphatic carbocycles. The summed E-state index contributed by atoms with van der Waals surface area (Å²) in [5.74, 6) is 1.94. The van der Waals surface area contributed by atoms with Crippen molar-refractivity contribution >= 4 is 45.7 Å². The quantitative estimate of drug-likeness (QED) is 0.312. The molecule has 1 aliphatic heterocycles. The summed E-state index contributed by atoms with van der Waals surface area (Å²) in [5.41, 5.74) is 1.18. The van der Waals surface area contributed by atoms with E-state index in [9.17, 15) is 14.8 Å². The van der Waals surface area contributed by atoms with Crippen LogP contribution >= 0.6 is 11.8 Å². The summed E-state index contributed by atoms with van der Waals surface area (Å²) in [4.78, 5) is 21.1. The van der Waals surface area contributed by atoms with Gasteiger partial charge in [-0.1, -0.05) is 11.2 Å². The zero-order valence-electron chi connectivity index (χ0n) is 14.9. The molecule has 0 saturated carbocycles. The number of nitrogens with zero attached hydrogens (tertiary/aromatic N) is 6. The number of aliphatic hydroxyl groups is 2. The first-order valence-electron chi connectivity index (χ1n) is 8.23. The van der Waals surface area contributed by atoms with Crippen molar-refractivity contribution in [3.8, 4) is 0 Å². The van der Waals surface area contributed by atoms with Crippen molar-refractivity contribution in [1.29, 1.82) is 0 Å². The standard InChI is InChI=1S/C15H22N6O3S2/c1-9(22)21(10(2)23)15-18-12-11(16-8-17-14(12)25-3)13(19-15)20-4-6-26(24)7-5-20/h8-10,22-23H,4-7H2,1-3H3. The highest BCUT2D eigenvalue weighted by Gasteiger charge is 2.27. The molecule has 1 aliphatic rings. The summed E-state index contributed by atoms with van der Waals surface area (Å²) >= 11 is 0.624. The minimum absolute atomic E-state index is 0.203. The molecular weight excluding hydrogens is 376 g/mol. The average molecular weight is 399 g/mol. The molecule has 1 fully saturated rings. The maximum absolute atomic E-state index is 11.7. The van der Waals surface area contributed by atoms with Crippen molar-refractivity contribution in [3.63, 3.8) is 0 Å². The van der Waals surface area contributed by atoms with E-state index in [1.807, 2.05) is 11.2 Å². The number of hydrogen-bond acceptors (Lipinski definition) is 10. The second-order valence-electron chi connectivity index (χ2n) is 5.93. The minimum Gasteiger partial charge on any atom is -0.616 e. The van der Waals surface area contributed by atoms with Crippen LogP contribution < -0.4 is 9.80 Å². The Morgan fingerprint density at radius 1 is 1.15 bits per heavy atom. The molecule has 0 amide bonds. The molecule has 3 heterocycles. The zero-order chi connectivity index (χ0) is 18.8. The number of aromatic nitrogens is 4. The van der Waals surface area contributed by atoms with Crippen molar-refractivity contribution in [3.05, 3.63) is 6.33 Å². The van der Waals surface area contributed by atoms with Gasteiger partial charge in [0.1, 0.15) is 46.3 Å². The molecule has 1 saturated heterocycles. The molecule has 0 bridgehead atoms. The van der Waals surface area contributed by atoms with Crippen molar-refractivity contribution in [2.24, 2.45) is 0 Å². The van der Waals surface area contributed by atoms with Gasteiger partial charge in [0.15, 0.2) is 5.82 Å². The van der Waals surface area contributed by atoms with Gasteiger partial charge in [0, 0.05) is 0 Å². The maximum atomic E-state index is 11.7. The number of hydrogen-bond donors (Lipinski definition) is 2.